The number of alkyl halides is 2. The minimum Gasteiger partial charge on any atom is -0.366 e. The molecule has 1 heterocycles. The van der Waals surface area contributed by atoms with Crippen LogP contribution in [0.15, 0.2) is 24.5 Å². The second-order valence-corrected chi connectivity index (χ2v) is 9.75. The molecule has 0 saturated heterocycles. The molecule has 7 nitrogen and oxygen atoms in total. The minimum atomic E-state index is -2.99. The number of hydrogen-bond acceptors (Lipinski definition) is 5. The lowest BCUT2D eigenvalue weighted by molar-refractivity contribution is -0.123. The molecule has 3 rings (SSSR count). The van der Waals surface area contributed by atoms with Crippen LogP contribution in [0.3, 0.4) is 0 Å². The van der Waals surface area contributed by atoms with Gasteiger partial charge in [-0.1, -0.05) is 6.07 Å². The Morgan fingerprint density at radius 1 is 1.17 bits per heavy atom. The number of aryl methyl sites for hydroxylation is 1. The highest BCUT2D eigenvalue weighted by Gasteiger charge is 2.63. The van der Waals surface area contributed by atoms with Crippen LogP contribution in [0.1, 0.15) is 59.4 Å². The fourth-order valence-corrected chi connectivity index (χ4v) is 4.56. The molecule has 0 aliphatic heterocycles. The monoisotopic (exact) mass is 509 g/mol. The van der Waals surface area contributed by atoms with Gasteiger partial charge >= 0.3 is 0 Å². The molecule has 2 atom stereocenters. The zero-order chi connectivity index (χ0) is 26.8. The van der Waals surface area contributed by atoms with Gasteiger partial charge in [0.05, 0.1) is 5.56 Å². The van der Waals surface area contributed by atoms with Crippen LogP contribution < -0.4 is 11.1 Å². The van der Waals surface area contributed by atoms with Gasteiger partial charge in [0.1, 0.15) is 5.82 Å². The maximum Gasteiger partial charge on any atom is 0.251 e. The molecule has 1 aliphatic carbocycles. The van der Waals surface area contributed by atoms with E-state index >= 15 is 0 Å². The summed E-state index contributed by atoms with van der Waals surface area (Å²) in [6.07, 6.45) is 3.39. The first-order valence-electron chi connectivity index (χ1n) is 11.6. The first kappa shape index (κ1) is 27.5. The number of primary amides is 1. The number of carbonyl (C=O) groups is 2. The van der Waals surface area contributed by atoms with E-state index in [-0.39, 0.29) is 37.8 Å². The molecule has 1 aromatic carbocycles. The van der Waals surface area contributed by atoms with Gasteiger partial charge in [0.2, 0.25) is 5.91 Å². The Morgan fingerprint density at radius 3 is 2.28 bits per heavy atom. The van der Waals surface area contributed by atoms with E-state index in [9.17, 15) is 27.2 Å². The van der Waals surface area contributed by atoms with Crippen molar-refractivity contribution in [1.82, 2.24) is 20.2 Å². The van der Waals surface area contributed by atoms with Gasteiger partial charge in [-0.15, -0.1) is 0 Å². The number of nitrogens with zero attached hydrogens (tertiary/aromatic N) is 3. The summed E-state index contributed by atoms with van der Waals surface area (Å²) >= 11 is 0. The van der Waals surface area contributed by atoms with Crippen molar-refractivity contribution >= 4 is 11.8 Å². The lowest BCUT2D eigenvalue weighted by Crippen LogP contribution is -2.43. The highest BCUT2D eigenvalue weighted by atomic mass is 19.3. The summed E-state index contributed by atoms with van der Waals surface area (Å²) < 4.78 is 57.8. The van der Waals surface area contributed by atoms with Gasteiger partial charge in [0.25, 0.3) is 11.8 Å². The van der Waals surface area contributed by atoms with Crippen LogP contribution in [-0.2, 0) is 11.2 Å². The van der Waals surface area contributed by atoms with Crippen LogP contribution >= 0.6 is 0 Å². The van der Waals surface area contributed by atoms with Crippen molar-refractivity contribution in [3.8, 4) is 0 Å². The number of likely N-dealkylation sites (N-methyl/N-ethyl adjacent to an activating group) is 1. The molecule has 1 fully saturated rings. The van der Waals surface area contributed by atoms with E-state index < -0.39 is 52.3 Å². The van der Waals surface area contributed by atoms with Crippen LogP contribution in [0.4, 0.5) is 17.6 Å². The summed E-state index contributed by atoms with van der Waals surface area (Å²) in [5.74, 6) is -7.29. The molecule has 196 valence electrons. The third-order valence-corrected chi connectivity index (χ3v) is 7.07. The molecule has 1 aliphatic rings. The van der Waals surface area contributed by atoms with Gasteiger partial charge in [-0.3, -0.25) is 9.59 Å². The summed E-state index contributed by atoms with van der Waals surface area (Å²) in [6, 6.07) is 1.96. The smallest absolute Gasteiger partial charge is 0.251 e. The Morgan fingerprint density at radius 2 is 1.78 bits per heavy atom. The minimum absolute atomic E-state index is 0.0164. The highest BCUT2D eigenvalue weighted by Crippen LogP contribution is 2.65. The molecule has 0 radical (unpaired) electrons. The van der Waals surface area contributed by atoms with E-state index in [2.05, 4.69) is 15.3 Å². The number of rotatable bonds is 11. The number of carbonyl (C=O) groups excluding carboxylic acids is 2. The Balaban J connectivity index is 1.73. The first-order chi connectivity index (χ1) is 16.8. The standard InChI is InChI=1S/C25H31F4N5O2/c1-14-31-11-16(12-32-14)19(25(7-8-25)24(2,28)29)10-20(35)33-13-17(34(3)4)9-15-5-6-18(23(30)36)22(27)21(15)26/h5-6,11-12,17,19H,7-10,13H2,1-4H3,(H2,30,36)(H,33,35)/t17-,19-/m0/s1. The van der Waals surface area contributed by atoms with Gasteiger partial charge in [0.15, 0.2) is 11.6 Å². The van der Waals surface area contributed by atoms with E-state index in [0.717, 1.165) is 13.0 Å². The Bertz CT molecular complexity index is 1110. The van der Waals surface area contributed by atoms with Crippen LogP contribution in [0.2, 0.25) is 0 Å². The number of halogens is 4. The van der Waals surface area contributed by atoms with Crippen LogP contribution in [-0.4, -0.2) is 59.3 Å². The molecule has 3 N–H and O–H groups in total. The fraction of sp³-hybridized carbons (Fsp3) is 0.520. The first-order valence-corrected chi connectivity index (χ1v) is 11.6. The molecule has 0 unspecified atom stereocenters. The van der Waals surface area contributed by atoms with Gasteiger partial charge in [-0.2, -0.15) is 0 Å². The highest BCUT2D eigenvalue weighted by molar-refractivity contribution is 5.93. The summed E-state index contributed by atoms with van der Waals surface area (Å²) in [5, 5.41) is 2.75. The fourth-order valence-electron chi connectivity index (χ4n) is 4.56. The normalized spacial score (nSPS) is 16.5. The Kier molecular flexibility index (Phi) is 8.02. The van der Waals surface area contributed by atoms with Crippen molar-refractivity contribution in [3.05, 3.63) is 58.7 Å². The number of nitrogens with one attached hydrogen (secondary N) is 1. The zero-order valence-corrected chi connectivity index (χ0v) is 20.7. The van der Waals surface area contributed by atoms with Crippen molar-refractivity contribution in [1.29, 1.82) is 0 Å². The molecule has 0 bridgehead atoms. The van der Waals surface area contributed by atoms with Crippen molar-refractivity contribution in [2.24, 2.45) is 11.1 Å². The topological polar surface area (TPSA) is 101 Å². The lowest BCUT2D eigenvalue weighted by atomic mass is 9.78. The molecular formula is C25H31F4N5O2. The molecular weight excluding hydrogens is 478 g/mol. The molecule has 1 saturated carbocycles. The van der Waals surface area contributed by atoms with Crippen molar-refractivity contribution in [2.45, 2.75) is 57.4 Å². The second kappa shape index (κ2) is 10.5. The summed E-state index contributed by atoms with van der Waals surface area (Å²) in [5.41, 5.74) is 3.67. The molecule has 0 spiro atoms. The predicted octanol–water partition coefficient (Wildman–Crippen LogP) is 3.36. The van der Waals surface area contributed by atoms with Crippen molar-refractivity contribution in [3.63, 3.8) is 0 Å². The van der Waals surface area contributed by atoms with E-state index in [1.165, 1.54) is 18.5 Å². The number of hydrogen-bond donors (Lipinski definition) is 2. The molecule has 2 amide bonds. The predicted molar refractivity (Wildman–Crippen MR) is 125 cm³/mol. The Hall–Kier alpha value is -3.08. The molecule has 11 heteroatoms. The summed E-state index contributed by atoms with van der Waals surface area (Å²) in [7, 11) is 3.43. The Labute approximate surface area is 207 Å². The van der Waals surface area contributed by atoms with Crippen LogP contribution in [0.25, 0.3) is 0 Å². The number of benzene rings is 1. The SMILES string of the molecule is Cc1ncc([C@H](CC(=O)NC[C@H](Cc2ccc(C(N)=O)c(F)c2F)N(C)C)C2(C(C)(F)F)CC2)cn1. The van der Waals surface area contributed by atoms with Crippen LogP contribution in [0.5, 0.6) is 0 Å². The van der Waals surface area contributed by atoms with Crippen LogP contribution in [0, 0.1) is 24.0 Å². The zero-order valence-electron chi connectivity index (χ0n) is 20.7. The summed E-state index contributed by atoms with van der Waals surface area (Å²) in [4.78, 5) is 34.1. The van der Waals surface area contributed by atoms with Gasteiger partial charge in [-0.25, -0.2) is 27.5 Å². The number of nitrogens with two attached hydrogens (primary N) is 1. The molecule has 1 aromatic heterocycles. The molecule has 2 aromatic rings. The van der Waals surface area contributed by atoms with Gasteiger partial charge in [0, 0.05) is 42.7 Å². The quantitative estimate of drug-likeness (QED) is 0.453. The average Bonchev–Trinajstić information content (AvgIpc) is 3.60. The van der Waals surface area contributed by atoms with E-state index in [1.807, 2.05) is 0 Å². The maximum atomic E-state index is 14.6. The average molecular weight is 510 g/mol. The third kappa shape index (κ3) is 5.83. The molecule has 36 heavy (non-hydrogen) atoms. The van der Waals surface area contributed by atoms with Crippen molar-refractivity contribution in [2.75, 3.05) is 20.6 Å². The van der Waals surface area contributed by atoms with Crippen molar-refractivity contribution < 1.29 is 27.2 Å². The number of amides is 2. The van der Waals surface area contributed by atoms with E-state index in [4.69, 9.17) is 5.73 Å². The van der Waals surface area contributed by atoms with Gasteiger partial charge in [-0.05, 0) is 64.4 Å². The summed E-state index contributed by atoms with van der Waals surface area (Å²) in [6.45, 7) is 2.63. The van der Waals surface area contributed by atoms with Gasteiger partial charge < -0.3 is 16.0 Å². The van der Waals surface area contributed by atoms with E-state index in [0.29, 0.717) is 11.4 Å². The largest absolute Gasteiger partial charge is 0.366 e. The van der Waals surface area contributed by atoms with E-state index in [1.54, 1.807) is 25.9 Å². The third-order valence-electron chi connectivity index (χ3n) is 7.07. The lowest BCUT2D eigenvalue weighted by Gasteiger charge is -2.32. The maximum absolute atomic E-state index is 14.6. The number of aromatic nitrogens is 2. The second-order valence-electron chi connectivity index (χ2n) is 9.75.